The van der Waals surface area contributed by atoms with E-state index in [0.717, 1.165) is 17.4 Å². The Balaban J connectivity index is 2.31. The highest BCUT2D eigenvalue weighted by Crippen LogP contribution is 2.14. The van der Waals surface area contributed by atoms with Gasteiger partial charge in [0.1, 0.15) is 0 Å². The maximum Gasteiger partial charge on any atom is 0.182 e. The van der Waals surface area contributed by atoms with E-state index < -0.39 is 0 Å². The lowest BCUT2D eigenvalue weighted by Crippen LogP contribution is -2.01. The van der Waals surface area contributed by atoms with Gasteiger partial charge >= 0.3 is 0 Å². The third kappa shape index (κ3) is 2.79. The van der Waals surface area contributed by atoms with Crippen LogP contribution in [0.2, 0.25) is 0 Å². The smallest absolute Gasteiger partial charge is 0.182 e. The highest BCUT2D eigenvalue weighted by atomic mass is 32.1. The second kappa shape index (κ2) is 5.11. The fourth-order valence-electron chi connectivity index (χ4n) is 0.854. The molecule has 0 saturated carbocycles. The van der Waals surface area contributed by atoms with Crippen molar-refractivity contribution in [3.63, 3.8) is 0 Å². The zero-order valence-corrected chi connectivity index (χ0v) is 8.16. The van der Waals surface area contributed by atoms with Gasteiger partial charge < -0.3 is 11.1 Å². The van der Waals surface area contributed by atoms with Gasteiger partial charge in [-0.25, -0.2) is 4.98 Å². The number of hydrogen-bond donors (Lipinski definition) is 2. The molecule has 68 valence electrons. The van der Waals surface area contributed by atoms with Crippen LogP contribution in [0, 0.1) is 0 Å². The number of anilines is 1. The molecule has 0 aliphatic rings. The first-order chi connectivity index (χ1) is 5.86. The number of nitrogens with two attached hydrogens (primary N) is 1. The molecule has 0 aromatic carbocycles. The molecular formula is C8H15N3S. The number of unbranched alkanes of at least 4 members (excludes halogenated alkanes) is 1. The number of nitrogens with zero attached hydrogens (tertiary/aromatic N) is 1. The molecule has 0 radical (unpaired) electrons. The van der Waals surface area contributed by atoms with Crippen molar-refractivity contribution in [3.05, 3.63) is 11.1 Å². The minimum Gasteiger partial charge on any atom is -0.362 e. The fraction of sp³-hybridized carbons (Fsp3) is 0.625. The molecule has 1 heterocycles. The largest absolute Gasteiger partial charge is 0.362 e. The SMILES string of the molecule is CCCCNc1nc(CN)cs1. The third-order valence-electron chi connectivity index (χ3n) is 1.57. The average Bonchev–Trinajstić information content (AvgIpc) is 2.53. The number of rotatable bonds is 5. The van der Waals surface area contributed by atoms with Gasteiger partial charge in [0.25, 0.3) is 0 Å². The standard InChI is InChI=1S/C8H15N3S/c1-2-3-4-10-8-11-7(5-9)6-12-8/h6H,2-5,9H2,1H3,(H,10,11). The van der Waals surface area contributed by atoms with E-state index >= 15 is 0 Å². The van der Waals surface area contributed by atoms with E-state index in [1.807, 2.05) is 5.38 Å². The molecule has 0 fully saturated rings. The quantitative estimate of drug-likeness (QED) is 0.688. The average molecular weight is 185 g/mol. The predicted octanol–water partition coefficient (Wildman–Crippen LogP) is 1.81. The lowest BCUT2D eigenvalue weighted by atomic mass is 10.3. The first kappa shape index (κ1) is 9.48. The zero-order chi connectivity index (χ0) is 8.81. The summed E-state index contributed by atoms with van der Waals surface area (Å²) in [7, 11) is 0. The number of aromatic nitrogens is 1. The van der Waals surface area contributed by atoms with Crippen LogP contribution in [0.3, 0.4) is 0 Å². The highest BCUT2D eigenvalue weighted by Gasteiger charge is 1.97. The molecule has 12 heavy (non-hydrogen) atoms. The van der Waals surface area contributed by atoms with Gasteiger partial charge in [0.05, 0.1) is 5.69 Å². The Bertz CT molecular complexity index is 222. The van der Waals surface area contributed by atoms with Crippen molar-refractivity contribution >= 4 is 16.5 Å². The van der Waals surface area contributed by atoms with Gasteiger partial charge in [-0.05, 0) is 6.42 Å². The minimum absolute atomic E-state index is 0.534. The van der Waals surface area contributed by atoms with Crippen LogP contribution in [0.15, 0.2) is 5.38 Å². The van der Waals surface area contributed by atoms with E-state index in [1.54, 1.807) is 11.3 Å². The molecule has 0 atom stereocenters. The van der Waals surface area contributed by atoms with Gasteiger partial charge in [-0.15, -0.1) is 11.3 Å². The van der Waals surface area contributed by atoms with Gasteiger partial charge in [0.15, 0.2) is 5.13 Å². The minimum atomic E-state index is 0.534. The first-order valence-electron chi connectivity index (χ1n) is 4.25. The van der Waals surface area contributed by atoms with Crippen molar-refractivity contribution < 1.29 is 0 Å². The molecule has 3 nitrogen and oxygen atoms in total. The van der Waals surface area contributed by atoms with Crippen LogP contribution in [-0.2, 0) is 6.54 Å². The summed E-state index contributed by atoms with van der Waals surface area (Å²) < 4.78 is 0. The summed E-state index contributed by atoms with van der Waals surface area (Å²) in [4.78, 5) is 4.28. The van der Waals surface area contributed by atoms with Gasteiger partial charge in [-0.1, -0.05) is 13.3 Å². The van der Waals surface area contributed by atoms with E-state index in [9.17, 15) is 0 Å². The monoisotopic (exact) mass is 185 g/mol. The predicted molar refractivity (Wildman–Crippen MR) is 53.4 cm³/mol. The summed E-state index contributed by atoms with van der Waals surface area (Å²) in [5.74, 6) is 0. The van der Waals surface area contributed by atoms with E-state index in [0.29, 0.717) is 6.54 Å². The summed E-state index contributed by atoms with van der Waals surface area (Å²) >= 11 is 1.62. The molecule has 4 heteroatoms. The van der Waals surface area contributed by atoms with Crippen LogP contribution in [0.4, 0.5) is 5.13 Å². The van der Waals surface area contributed by atoms with Crippen LogP contribution >= 0.6 is 11.3 Å². The van der Waals surface area contributed by atoms with Gasteiger partial charge in [-0.3, -0.25) is 0 Å². The Morgan fingerprint density at radius 1 is 1.67 bits per heavy atom. The molecule has 0 saturated heterocycles. The summed E-state index contributed by atoms with van der Waals surface area (Å²) in [5.41, 5.74) is 6.41. The molecule has 0 aliphatic carbocycles. The molecular weight excluding hydrogens is 170 g/mol. The van der Waals surface area contributed by atoms with Crippen molar-refractivity contribution in [2.45, 2.75) is 26.3 Å². The second-order valence-electron chi connectivity index (χ2n) is 2.63. The molecule has 0 aliphatic heterocycles. The highest BCUT2D eigenvalue weighted by molar-refractivity contribution is 7.13. The lowest BCUT2D eigenvalue weighted by molar-refractivity contribution is 0.832. The Morgan fingerprint density at radius 3 is 3.08 bits per heavy atom. The maximum absolute atomic E-state index is 5.43. The van der Waals surface area contributed by atoms with Crippen LogP contribution in [0.5, 0.6) is 0 Å². The van der Waals surface area contributed by atoms with E-state index in [-0.39, 0.29) is 0 Å². The second-order valence-corrected chi connectivity index (χ2v) is 3.49. The summed E-state index contributed by atoms with van der Waals surface area (Å²) in [5, 5.41) is 6.24. The Kier molecular flexibility index (Phi) is 4.04. The van der Waals surface area contributed by atoms with Crippen LogP contribution < -0.4 is 11.1 Å². The maximum atomic E-state index is 5.43. The molecule has 3 N–H and O–H groups in total. The fourth-order valence-corrected chi connectivity index (χ4v) is 1.61. The van der Waals surface area contributed by atoms with Crippen molar-refractivity contribution in [1.82, 2.24) is 4.98 Å². The Labute approximate surface area is 77.0 Å². The third-order valence-corrected chi connectivity index (χ3v) is 2.42. The van der Waals surface area contributed by atoms with E-state index in [1.165, 1.54) is 12.8 Å². The van der Waals surface area contributed by atoms with E-state index in [4.69, 9.17) is 5.73 Å². The van der Waals surface area contributed by atoms with Gasteiger partial charge in [0.2, 0.25) is 0 Å². The zero-order valence-electron chi connectivity index (χ0n) is 7.34. The van der Waals surface area contributed by atoms with Gasteiger partial charge in [-0.2, -0.15) is 0 Å². The summed E-state index contributed by atoms with van der Waals surface area (Å²) in [6.45, 7) is 3.72. The van der Waals surface area contributed by atoms with E-state index in [2.05, 4.69) is 17.2 Å². The molecule has 0 unspecified atom stereocenters. The molecule has 1 aromatic heterocycles. The number of hydrogen-bond acceptors (Lipinski definition) is 4. The van der Waals surface area contributed by atoms with Crippen molar-refractivity contribution in [3.8, 4) is 0 Å². The molecule has 1 rings (SSSR count). The molecule has 0 bridgehead atoms. The number of thiazole rings is 1. The lowest BCUT2D eigenvalue weighted by Gasteiger charge is -1.98. The summed E-state index contributed by atoms with van der Waals surface area (Å²) in [6, 6.07) is 0. The van der Waals surface area contributed by atoms with Crippen molar-refractivity contribution in [2.24, 2.45) is 5.73 Å². The molecule has 0 spiro atoms. The van der Waals surface area contributed by atoms with Crippen molar-refractivity contribution in [2.75, 3.05) is 11.9 Å². The molecule has 1 aromatic rings. The van der Waals surface area contributed by atoms with Crippen molar-refractivity contribution in [1.29, 1.82) is 0 Å². The Morgan fingerprint density at radius 2 is 2.50 bits per heavy atom. The van der Waals surface area contributed by atoms with Crippen LogP contribution in [0.1, 0.15) is 25.5 Å². The molecule has 0 amide bonds. The first-order valence-corrected chi connectivity index (χ1v) is 5.13. The van der Waals surface area contributed by atoms with Crippen LogP contribution in [-0.4, -0.2) is 11.5 Å². The topological polar surface area (TPSA) is 50.9 Å². The van der Waals surface area contributed by atoms with Crippen LogP contribution in [0.25, 0.3) is 0 Å². The Hall–Kier alpha value is -0.610. The normalized spacial score (nSPS) is 10.2. The number of nitrogens with one attached hydrogen (secondary N) is 1. The summed E-state index contributed by atoms with van der Waals surface area (Å²) in [6.07, 6.45) is 2.40. The van der Waals surface area contributed by atoms with Gasteiger partial charge in [0, 0.05) is 18.5 Å².